The maximum atomic E-state index is 12.7. The second kappa shape index (κ2) is 5.26. The molecule has 0 radical (unpaired) electrons. The molecule has 4 saturated carbocycles. The van der Waals surface area contributed by atoms with Crippen LogP contribution in [0.4, 0.5) is 0 Å². The van der Waals surface area contributed by atoms with Crippen molar-refractivity contribution < 1.29 is 19.1 Å². The molecule has 5 aliphatic rings. The zero-order valence-corrected chi connectivity index (χ0v) is 16.5. The summed E-state index contributed by atoms with van der Waals surface area (Å²) < 4.78 is 11.6. The van der Waals surface area contributed by atoms with Crippen LogP contribution in [0.15, 0.2) is 0 Å². The normalized spacial score (nSPS) is 51.2. The fourth-order valence-corrected chi connectivity index (χ4v) is 7.78. The third-order valence-corrected chi connectivity index (χ3v) is 9.31. The van der Waals surface area contributed by atoms with E-state index in [9.17, 15) is 9.59 Å². The highest BCUT2D eigenvalue weighted by Crippen LogP contribution is 2.74. The lowest BCUT2D eigenvalue weighted by atomic mass is 9.58. The van der Waals surface area contributed by atoms with Crippen LogP contribution in [0, 0.1) is 52.3 Å². The Hall–Kier alpha value is -1.06. The van der Waals surface area contributed by atoms with E-state index >= 15 is 0 Å². The highest BCUT2D eigenvalue weighted by Gasteiger charge is 2.72. The van der Waals surface area contributed by atoms with Crippen LogP contribution in [-0.4, -0.2) is 24.6 Å². The molecule has 1 aliphatic heterocycles. The number of carbonyl (C=O) groups is 2. The Bertz CT molecular complexity index is 655. The van der Waals surface area contributed by atoms with Crippen LogP contribution in [0.25, 0.3) is 0 Å². The molecule has 1 spiro atoms. The third kappa shape index (κ3) is 2.02. The number of esters is 2. The fraction of sp³-hybridized carbons (Fsp3) is 0.909. The first-order chi connectivity index (χ1) is 12.3. The lowest BCUT2D eigenvalue weighted by Crippen LogP contribution is -2.48. The molecule has 26 heavy (non-hydrogen) atoms. The summed E-state index contributed by atoms with van der Waals surface area (Å²) >= 11 is 0. The molecule has 5 fully saturated rings. The van der Waals surface area contributed by atoms with Gasteiger partial charge in [0, 0.05) is 5.41 Å². The van der Waals surface area contributed by atoms with Crippen molar-refractivity contribution in [3.05, 3.63) is 0 Å². The van der Waals surface area contributed by atoms with E-state index in [4.69, 9.17) is 9.47 Å². The minimum Gasteiger partial charge on any atom is -0.465 e. The maximum Gasteiger partial charge on any atom is 0.311 e. The summed E-state index contributed by atoms with van der Waals surface area (Å²) in [4.78, 5) is 24.6. The van der Waals surface area contributed by atoms with Gasteiger partial charge in [-0.25, -0.2) is 0 Å². The Labute approximate surface area is 156 Å². The van der Waals surface area contributed by atoms with E-state index in [1.165, 1.54) is 19.3 Å². The molecular formula is C22H32O4. The van der Waals surface area contributed by atoms with Crippen LogP contribution in [0.5, 0.6) is 0 Å². The van der Waals surface area contributed by atoms with Crippen molar-refractivity contribution in [2.45, 2.75) is 65.9 Å². The monoisotopic (exact) mass is 360 g/mol. The van der Waals surface area contributed by atoms with Crippen LogP contribution in [-0.2, 0) is 19.1 Å². The smallest absolute Gasteiger partial charge is 0.311 e. The summed E-state index contributed by atoms with van der Waals surface area (Å²) in [7, 11) is 0. The number of carbonyl (C=O) groups excluding carboxylic acids is 2. The fourth-order valence-electron chi connectivity index (χ4n) is 7.78. The van der Waals surface area contributed by atoms with Crippen LogP contribution in [0.2, 0.25) is 0 Å². The van der Waals surface area contributed by atoms with Gasteiger partial charge < -0.3 is 9.47 Å². The van der Waals surface area contributed by atoms with E-state index in [0.717, 1.165) is 18.3 Å². The average Bonchev–Trinajstić information content (AvgIpc) is 3.36. The van der Waals surface area contributed by atoms with Crippen molar-refractivity contribution >= 4 is 11.9 Å². The van der Waals surface area contributed by atoms with Crippen molar-refractivity contribution in [1.29, 1.82) is 0 Å². The quantitative estimate of drug-likeness (QED) is 0.567. The van der Waals surface area contributed by atoms with E-state index < -0.39 is 5.41 Å². The van der Waals surface area contributed by atoms with Crippen LogP contribution < -0.4 is 0 Å². The number of rotatable bonds is 3. The Balaban J connectivity index is 1.39. The molecule has 1 saturated heterocycles. The molecule has 5 rings (SSSR count). The van der Waals surface area contributed by atoms with Gasteiger partial charge in [-0.1, -0.05) is 13.8 Å². The maximum absolute atomic E-state index is 12.7. The van der Waals surface area contributed by atoms with Gasteiger partial charge in [-0.2, -0.15) is 0 Å². The van der Waals surface area contributed by atoms with Gasteiger partial charge in [0.1, 0.15) is 6.10 Å². The molecule has 0 N–H and O–H groups in total. The van der Waals surface area contributed by atoms with Crippen molar-refractivity contribution in [3.63, 3.8) is 0 Å². The van der Waals surface area contributed by atoms with Gasteiger partial charge in [-0.3, -0.25) is 9.59 Å². The molecule has 4 bridgehead atoms. The van der Waals surface area contributed by atoms with Gasteiger partial charge in [0.25, 0.3) is 0 Å². The predicted molar refractivity (Wildman–Crippen MR) is 95.9 cm³/mol. The van der Waals surface area contributed by atoms with Crippen molar-refractivity contribution in [3.8, 4) is 0 Å². The summed E-state index contributed by atoms with van der Waals surface area (Å²) in [6.07, 6.45) is 5.19. The first-order valence-corrected chi connectivity index (χ1v) is 10.6. The highest BCUT2D eigenvalue weighted by atomic mass is 16.5. The summed E-state index contributed by atoms with van der Waals surface area (Å²) in [5, 5.41) is 0. The molecule has 144 valence electrons. The second-order valence-electron chi connectivity index (χ2n) is 10.7. The summed E-state index contributed by atoms with van der Waals surface area (Å²) in [5.74, 6) is 4.47. The summed E-state index contributed by atoms with van der Waals surface area (Å²) in [6, 6.07) is 0. The van der Waals surface area contributed by atoms with Gasteiger partial charge >= 0.3 is 11.9 Å². The van der Waals surface area contributed by atoms with Crippen molar-refractivity contribution in [2.24, 2.45) is 52.3 Å². The Kier molecular flexibility index (Phi) is 3.45. The second-order valence-corrected chi connectivity index (χ2v) is 10.7. The minimum absolute atomic E-state index is 0.00158. The number of fused-ring (bicyclic) bond motifs is 10. The zero-order valence-electron chi connectivity index (χ0n) is 16.5. The third-order valence-electron chi connectivity index (χ3n) is 9.31. The number of hydrogen-bond acceptors (Lipinski definition) is 4. The molecule has 9 atom stereocenters. The zero-order chi connectivity index (χ0) is 18.4. The molecule has 0 aromatic heterocycles. The topological polar surface area (TPSA) is 52.6 Å². The Morgan fingerprint density at radius 2 is 2.04 bits per heavy atom. The summed E-state index contributed by atoms with van der Waals surface area (Å²) in [6.45, 7) is 8.98. The van der Waals surface area contributed by atoms with E-state index in [0.29, 0.717) is 42.6 Å². The SMILES string of the molecule is CCC(C)(C)C(=O)OC1C(C)C2CC1C1C2C2CC1C1(COC(=O)C1)C2. The Morgan fingerprint density at radius 1 is 1.27 bits per heavy atom. The lowest BCUT2D eigenvalue weighted by molar-refractivity contribution is -0.169. The molecule has 4 nitrogen and oxygen atoms in total. The first-order valence-electron chi connectivity index (χ1n) is 10.6. The van der Waals surface area contributed by atoms with E-state index in [-0.39, 0.29) is 23.5 Å². The number of hydrogen-bond donors (Lipinski definition) is 0. The van der Waals surface area contributed by atoms with E-state index in [1.807, 2.05) is 13.8 Å². The first kappa shape index (κ1) is 17.1. The van der Waals surface area contributed by atoms with Crippen molar-refractivity contribution in [1.82, 2.24) is 0 Å². The van der Waals surface area contributed by atoms with Crippen LogP contribution in [0.1, 0.15) is 59.8 Å². The summed E-state index contributed by atoms with van der Waals surface area (Å²) in [5.41, 5.74) is -0.295. The van der Waals surface area contributed by atoms with E-state index in [2.05, 4.69) is 13.8 Å². The molecule has 0 amide bonds. The van der Waals surface area contributed by atoms with Gasteiger partial charge in [0.05, 0.1) is 18.4 Å². The minimum atomic E-state index is -0.400. The molecule has 9 unspecified atom stereocenters. The van der Waals surface area contributed by atoms with Gasteiger partial charge in [0.2, 0.25) is 0 Å². The standard InChI is InChI=1S/C22H32O4/c1-5-21(3,4)20(24)26-19-11(2)13-7-14(19)18-15-6-12(17(13)18)8-22(15)9-16(23)25-10-22/h11-15,17-19H,5-10H2,1-4H3. The van der Waals surface area contributed by atoms with E-state index in [1.54, 1.807) is 0 Å². The molecule has 0 aromatic rings. The van der Waals surface area contributed by atoms with Crippen LogP contribution >= 0.6 is 0 Å². The largest absolute Gasteiger partial charge is 0.465 e. The molecule has 0 aromatic carbocycles. The average molecular weight is 360 g/mol. The van der Waals surface area contributed by atoms with Crippen molar-refractivity contribution in [2.75, 3.05) is 6.61 Å². The van der Waals surface area contributed by atoms with Gasteiger partial charge in [0.15, 0.2) is 0 Å². The lowest BCUT2D eigenvalue weighted by Gasteiger charge is -2.47. The van der Waals surface area contributed by atoms with Gasteiger partial charge in [-0.15, -0.1) is 0 Å². The Morgan fingerprint density at radius 3 is 2.69 bits per heavy atom. The number of ether oxygens (including phenoxy) is 2. The molecular weight excluding hydrogens is 328 g/mol. The molecule has 4 heteroatoms. The molecule has 4 aliphatic carbocycles. The highest BCUT2D eigenvalue weighted by molar-refractivity contribution is 5.76. The van der Waals surface area contributed by atoms with Gasteiger partial charge in [-0.05, 0) is 81.0 Å². The van der Waals surface area contributed by atoms with Crippen LogP contribution in [0.3, 0.4) is 0 Å². The predicted octanol–water partition coefficient (Wildman–Crippen LogP) is 3.83. The number of cyclic esters (lactones) is 1. The molecule has 1 heterocycles.